The van der Waals surface area contributed by atoms with Gasteiger partial charge in [0.2, 0.25) is 5.91 Å². The van der Waals surface area contributed by atoms with Crippen molar-refractivity contribution >= 4 is 22.6 Å². The number of benzene rings is 2. The highest BCUT2D eigenvalue weighted by molar-refractivity contribution is 5.90. The van der Waals surface area contributed by atoms with E-state index in [4.69, 9.17) is 14.7 Å². The van der Waals surface area contributed by atoms with Crippen LogP contribution in [0.25, 0.3) is 10.9 Å². The number of likely N-dealkylation sites (tertiary alicyclic amines) is 1. The number of aryl methyl sites for hydroxylation is 3. The summed E-state index contributed by atoms with van der Waals surface area (Å²) < 4.78 is 5.02. The van der Waals surface area contributed by atoms with E-state index in [-0.39, 0.29) is 18.6 Å². The largest absolute Gasteiger partial charge is 0.375 e. The van der Waals surface area contributed by atoms with E-state index in [1.165, 1.54) is 22.3 Å². The summed E-state index contributed by atoms with van der Waals surface area (Å²) >= 11 is 0. The van der Waals surface area contributed by atoms with Crippen LogP contribution in [0.5, 0.6) is 0 Å². The van der Waals surface area contributed by atoms with Gasteiger partial charge in [-0.3, -0.25) is 4.79 Å². The lowest BCUT2D eigenvalue weighted by Gasteiger charge is -2.33. The molecule has 1 aliphatic heterocycles. The molecule has 1 amide bonds. The van der Waals surface area contributed by atoms with Gasteiger partial charge in [-0.2, -0.15) is 0 Å². The minimum absolute atomic E-state index is 0.0756. The molecule has 1 N–H and O–H groups in total. The molecule has 6 heteroatoms. The van der Waals surface area contributed by atoms with Crippen LogP contribution in [-0.4, -0.2) is 47.6 Å². The summed E-state index contributed by atoms with van der Waals surface area (Å²) in [6.45, 7) is 10.1. The fourth-order valence-electron chi connectivity index (χ4n) is 4.85. The molecule has 1 fully saturated rings. The second kappa shape index (κ2) is 9.87. The summed E-state index contributed by atoms with van der Waals surface area (Å²) in [5.74, 6) is 2.13. The Labute approximate surface area is 196 Å². The number of anilines is 1. The number of nitrogens with zero attached hydrogens (tertiary/aromatic N) is 3. The SMILES string of the molecule is COCC(=O)N1CCC(c2cc3c(N[C@@H](C)c4cccc(C)c4)nc(C)nc3cc2C)CC1. The molecule has 4 rings (SSSR count). The molecule has 1 atom stereocenters. The highest BCUT2D eigenvalue weighted by atomic mass is 16.5. The van der Waals surface area contributed by atoms with Gasteiger partial charge in [0, 0.05) is 31.6 Å². The molecule has 1 aliphatic rings. The number of nitrogens with one attached hydrogen (secondary N) is 1. The maximum Gasteiger partial charge on any atom is 0.248 e. The monoisotopic (exact) mass is 446 g/mol. The summed E-state index contributed by atoms with van der Waals surface area (Å²) in [6.07, 6.45) is 1.91. The number of carbonyl (C=O) groups is 1. The molecule has 0 aliphatic carbocycles. The highest BCUT2D eigenvalue weighted by Crippen LogP contribution is 2.35. The van der Waals surface area contributed by atoms with Gasteiger partial charge in [0.05, 0.1) is 5.52 Å². The molecule has 2 heterocycles. The predicted molar refractivity (Wildman–Crippen MR) is 133 cm³/mol. The summed E-state index contributed by atoms with van der Waals surface area (Å²) in [5, 5.41) is 4.69. The summed E-state index contributed by atoms with van der Waals surface area (Å²) in [7, 11) is 1.57. The average Bonchev–Trinajstić information content (AvgIpc) is 2.79. The van der Waals surface area contributed by atoms with E-state index in [0.717, 1.165) is 48.5 Å². The standard InChI is InChI=1S/C27H34N4O2/c1-17-7-6-8-22(13-17)19(3)28-27-24-15-23(18(2)14-25(24)29-20(4)30-27)21-9-11-31(12-10-21)26(32)16-33-5/h6-8,13-15,19,21H,9-12,16H2,1-5H3,(H,28,29,30)/t19-/m0/s1. The molecule has 33 heavy (non-hydrogen) atoms. The van der Waals surface area contributed by atoms with Gasteiger partial charge in [0.15, 0.2) is 0 Å². The Morgan fingerprint density at radius 1 is 1.15 bits per heavy atom. The summed E-state index contributed by atoms with van der Waals surface area (Å²) in [6, 6.07) is 13.2. The van der Waals surface area contributed by atoms with Gasteiger partial charge >= 0.3 is 0 Å². The van der Waals surface area contributed by atoms with E-state index < -0.39 is 0 Å². The second-order valence-electron chi connectivity index (χ2n) is 9.21. The maximum atomic E-state index is 12.2. The van der Waals surface area contributed by atoms with Crippen LogP contribution in [0.4, 0.5) is 5.82 Å². The van der Waals surface area contributed by atoms with Crippen molar-refractivity contribution in [3.8, 4) is 0 Å². The molecular formula is C27H34N4O2. The molecule has 0 spiro atoms. The van der Waals surface area contributed by atoms with E-state index in [0.29, 0.717) is 5.92 Å². The van der Waals surface area contributed by atoms with Crippen molar-refractivity contribution in [2.45, 2.75) is 52.5 Å². The van der Waals surface area contributed by atoms with Gasteiger partial charge in [0.1, 0.15) is 18.2 Å². The Hall–Kier alpha value is -2.99. The number of fused-ring (bicyclic) bond motifs is 1. The number of ether oxygens (including phenoxy) is 1. The van der Waals surface area contributed by atoms with Crippen LogP contribution in [0.1, 0.15) is 59.8 Å². The van der Waals surface area contributed by atoms with Crippen LogP contribution >= 0.6 is 0 Å². The highest BCUT2D eigenvalue weighted by Gasteiger charge is 2.25. The van der Waals surface area contributed by atoms with Crippen molar-refractivity contribution < 1.29 is 9.53 Å². The minimum atomic E-state index is 0.0756. The third-order valence-corrected chi connectivity index (χ3v) is 6.65. The number of piperidine rings is 1. The molecule has 0 saturated carbocycles. The number of hydrogen-bond acceptors (Lipinski definition) is 5. The van der Waals surface area contributed by atoms with Crippen LogP contribution in [0, 0.1) is 20.8 Å². The van der Waals surface area contributed by atoms with Crippen molar-refractivity contribution in [3.05, 3.63) is 64.5 Å². The van der Waals surface area contributed by atoms with Crippen molar-refractivity contribution in [3.63, 3.8) is 0 Å². The molecule has 3 aromatic rings. The third kappa shape index (κ3) is 5.17. The van der Waals surface area contributed by atoms with Crippen molar-refractivity contribution in [1.82, 2.24) is 14.9 Å². The first-order valence-corrected chi connectivity index (χ1v) is 11.7. The lowest BCUT2D eigenvalue weighted by molar-refractivity contribution is -0.136. The average molecular weight is 447 g/mol. The smallest absolute Gasteiger partial charge is 0.248 e. The lowest BCUT2D eigenvalue weighted by Crippen LogP contribution is -2.39. The van der Waals surface area contributed by atoms with Crippen LogP contribution in [0.3, 0.4) is 0 Å². The molecule has 0 unspecified atom stereocenters. The van der Waals surface area contributed by atoms with Gasteiger partial charge in [-0.05, 0) is 75.3 Å². The number of rotatable bonds is 6. The zero-order valence-electron chi connectivity index (χ0n) is 20.3. The Morgan fingerprint density at radius 2 is 1.91 bits per heavy atom. The number of methoxy groups -OCH3 is 1. The number of hydrogen-bond donors (Lipinski definition) is 1. The normalized spacial score (nSPS) is 15.6. The van der Waals surface area contributed by atoms with Crippen LogP contribution in [0.2, 0.25) is 0 Å². The maximum absolute atomic E-state index is 12.2. The Morgan fingerprint density at radius 3 is 2.61 bits per heavy atom. The van der Waals surface area contributed by atoms with Crippen LogP contribution in [0.15, 0.2) is 36.4 Å². The Balaban J connectivity index is 1.62. The van der Waals surface area contributed by atoms with Gasteiger partial charge in [-0.25, -0.2) is 9.97 Å². The van der Waals surface area contributed by atoms with Crippen LogP contribution < -0.4 is 5.32 Å². The van der Waals surface area contributed by atoms with E-state index >= 15 is 0 Å². The minimum Gasteiger partial charge on any atom is -0.375 e. The number of amides is 1. The van der Waals surface area contributed by atoms with Gasteiger partial charge in [0.25, 0.3) is 0 Å². The molecule has 1 saturated heterocycles. The fraction of sp³-hybridized carbons (Fsp3) is 0.444. The van der Waals surface area contributed by atoms with Gasteiger partial charge < -0.3 is 15.0 Å². The molecular weight excluding hydrogens is 412 g/mol. The first-order chi connectivity index (χ1) is 15.9. The van der Waals surface area contributed by atoms with Crippen molar-refractivity contribution in [2.24, 2.45) is 0 Å². The molecule has 174 valence electrons. The lowest BCUT2D eigenvalue weighted by atomic mass is 9.86. The summed E-state index contributed by atoms with van der Waals surface area (Å²) in [4.78, 5) is 23.6. The second-order valence-corrected chi connectivity index (χ2v) is 9.21. The Bertz CT molecular complexity index is 1150. The number of carbonyl (C=O) groups excluding carboxylic acids is 1. The topological polar surface area (TPSA) is 67.3 Å². The first-order valence-electron chi connectivity index (χ1n) is 11.7. The van der Waals surface area contributed by atoms with Crippen molar-refractivity contribution in [2.75, 3.05) is 32.1 Å². The fourth-order valence-corrected chi connectivity index (χ4v) is 4.85. The van der Waals surface area contributed by atoms with E-state index in [1.54, 1.807) is 7.11 Å². The molecule has 0 radical (unpaired) electrons. The van der Waals surface area contributed by atoms with Crippen LogP contribution in [-0.2, 0) is 9.53 Å². The van der Waals surface area contributed by atoms with Gasteiger partial charge in [-0.1, -0.05) is 29.8 Å². The van der Waals surface area contributed by atoms with E-state index in [9.17, 15) is 4.79 Å². The zero-order chi connectivity index (χ0) is 23.5. The molecule has 6 nitrogen and oxygen atoms in total. The van der Waals surface area contributed by atoms with Gasteiger partial charge in [-0.15, -0.1) is 0 Å². The van der Waals surface area contributed by atoms with E-state index in [2.05, 4.69) is 62.5 Å². The first kappa shape index (κ1) is 23.2. The van der Waals surface area contributed by atoms with Crippen molar-refractivity contribution in [1.29, 1.82) is 0 Å². The predicted octanol–water partition coefficient (Wildman–Crippen LogP) is 5.08. The quantitative estimate of drug-likeness (QED) is 0.572. The molecule has 0 bridgehead atoms. The molecule has 1 aromatic heterocycles. The molecule has 2 aromatic carbocycles. The zero-order valence-corrected chi connectivity index (χ0v) is 20.3. The van der Waals surface area contributed by atoms with E-state index in [1.807, 2.05) is 11.8 Å². The third-order valence-electron chi connectivity index (χ3n) is 6.65. The summed E-state index contributed by atoms with van der Waals surface area (Å²) in [5.41, 5.74) is 6.04. The Kier molecular flexibility index (Phi) is 6.94. The number of aromatic nitrogens is 2.